The summed E-state index contributed by atoms with van der Waals surface area (Å²) < 4.78 is 5.60. The molecule has 5 aromatic heterocycles. The first-order valence-electron chi connectivity index (χ1n) is 51.4. The minimum Gasteiger partial charge on any atom is -0.469 e. The monoisotopic (exact) mass is 2010 g/mol. The fourth-order valence-corrected chi connectivity index (χ4v) is 23.3. The van der Waals surface area contributed by atoms with Crippen molar-refractivity contribution in [3.63, 3.8) is 0 Å². The largest absolute Gasteiger partial charge is 0.469 e. The average molecular weight is 2010 g/mol. The lowest BCUT2D eigenvalue weighted by Crippen LogP contribution is -2.34. The number of aromatic nitrogens is 2. The molecule has 0 aliphatic carbocycles. The van der Waals surface area contributed by atoms with Gasteiger partial charge >= 0.3 is 0 Å². The van der Waals surface area contributed by atoms with E-state index in [9.17, 15) is 24.0 Å². The number of rotatable bonds is 43. The van der Waals surface area contributed by atoms with Crippen molar-refractivity contribution < 1.29 is 28.4 Å². The third-order valence-electron chi connectivity index (χ3n) is 31.1. The van der Waals surface area contributed by atoms with E-state index in [1.54, 1.807) is 50.6 Å². The maximum Gasteiger partial charge on any atom is 0.135 e. The van der Waals surface area contributed by atoms with Crippen molar-refractivity contribution in [3.8, 4) is 0 Å². The Morgan fingerprint density at radius 3 is 0.833 bits per heavy atom. The number of carbonyl (C=O) groups is 5. The van der Waals surface area contributed by atoms with Gasteiger partial charge in [-0.1, -0.05) is 302 Å². The number of aromatic amines is 2. The Morgan fingerprint density at radius 1 is 0.304 bits per heavy atom. The third kappa shape index (κ3) is 32.2. The van der Waals surface area contributed by atoms with E-state index in [0.717, 1.165) is 276 Å². The summed E-state index contributed by atoms with van der Waals surface area (Å²) in [6.45, 7) is 39.3. The molecule has 0 amide bonds. The number of unbranched alkanes of at least 4 members (excludes halogenated alkanes) is 8. The van der Waals surface area contributed by atoms with E-state index in [1.165, 1.54) is 67.0 Å². The first-order valence-corrected chi connectivity index (χ1v) is 55.0. The Morgan fingerprint density at radius 2 is 0.551 bits per heavy atom. The standard InChI is InChI=1S/C24H32ClNO2.2C24H32ClNOS.2C23H31ClN2O/c3*1-18(27)24(2,3)14-8-4-5-11-22(20-9-6-7-10-21(20)25)26-15-12-23-19(17-26)13-16-28-23;2*1-17(27)23(2,3)13-7-6-10-22(19-8-4-5-9-20(19)24)26-15-12-21-18(16-26)11-14-25-21/h3*6-7,9-10,13,16,22H,4-5,8,11-12,14-15,17H2,1-3H3;2*4-5,8-9,11,14,22,25H,6-7,10,12-13,15-16H2,1-3H3. The van der Waals surface area contributed by atoms with Crippen molar-refractivity contribution in [1.82, 2.24) is 34.5 Å². The van der Waals surface area contributed by atoms with Crippen LogP contribution in [0.4, 0.5) is 0 Å². The number of nitrogens with zero attached hydrogens (tertiary/aromatic N) is 5. The van der Waals surface area contributed by atoms with E-state index in [0.29, 0.717) is 41.8 Å². The molecular formula is C118H158Cl5N7O6S2. The molecule has 20 heteroatoms. The van der Waals surface area contributed by atoms with Crippen LogP contribution in [0, 0.1) is 27.1 Å². The number of carbonyl (C=O) groups excluding carboxylic acids is 5. The molecule has 5 unspecified atom stereocenters. The molecule has 0 saturated carbocycles. The molecule has 5 aromatic carbocycles. The van der Waals surface area contributed by atoms with E-state index in [4.69, 9.17) is 62.4 Å². The average Bonchev–Trinajstić information content (AvgIpc) is 1.61. The summed E-state index contributed by atoms with van der Waals surface area (Å²) in [7, 11) is 0. The van der Waals surface area contributed by atoms with E-state index in [2.05, 4.69) is 205 Å². The number of H-pyrrole nitrogens is 2. The number of nitrogens with one attached hydrogen (secondary N) is 2. The number of furan rings is 1. The highest BCUT2D eigenvalue weighted by molar-refractivity contribution is 7.10. The van der Waals surface area contributed by atoms with Gasteiger partial charge in [0, 0.05) is 206 Å². The Hall–Kier alpha value is -7.06. The molecule has 5 aliphatic rings. The molecule has 0 saturated heterocycles. The van der Waals surface area contributed by atoms with Crippen LogP contribution < -0.4 is 0 Å². The van der Waals surface area contributed by atoms with Crippen molar-refractivity contribution in [2.75, 3.05) is 32.7 Å². The molecule has 748 valence electrons. The number of thiophene rings is 2. The molecule has 10 aromatic rings. The molecule has 0 bridgehead atoms. The minimum absolute atomic E-state index is 0.190. The van der Waals surface area contributed by atoms with E-state index in [1.807, 2.05) is 95.7 Å². The normalized spacial score (nSPS) is 16.1. The highest BCUT2D eigenvalue weighted by Gasteiger charge is 2.36. The van der Waals surface area contributed by atoms with E-state index < -0.39 is 0 Å². The van der Waals surface area contributed by atoms with Crippen LogP contribution in [-0.4, -0.2) is 96.1 Å². The third-order valence-corrected chi connectivity index (χ3v) is 34.9. The van der Waals surface area contributed by atoms with Crippen molar-refractivity contribution in [2.45, 2.75) is 347 Å². The van der Waals surface area contributed by atoms with Gasteiger partial charge in [-0.3, -0.25) is 48.5 Å². The smallest absolute Gasteiger partial charge is 0.135 e. The summed E-state index contributed by atoms with van der Waals surface area (Å²) in [5.74, 6) is 2.55. The van der Waals surface area contributed by atoms with Gasteiger partial charge in [0.25, 0.3) is 0 Å². The van der Waals surface area contributed by atoms with Crippen molar-refractivity contribution in [2.24, 2.45) is 27.1 Å². The summed E-state index contributed by atoms with van der Waals surface area (Å²) >= 11 is 36.7. The maximum absolute atomic E-state index is 11.8. The van der Waals surface area contributed by atoms with Crippen LogP contribution in [0.2, 0.25) is 25.1 Å². The zero-order chi connectivity index (χ0) is 99.3. The van der Waals surface area contributed by atoms with Crippen LogP contribution in [0.1, 0.15) is 364 Å². The quantitative estimate of drug-likeness (QED) is 0.0352. The number of Topliss-reactive ketones (excluding diaryl/α,β-unsaturated/α-hetero) is 5. The zero-order valence-corrected chi connectivity index (χ0v) is 90.9. The van der Waals surface area contributed by atoms with Crippen LogP contribution in [0.5, 0.6) is 0 Å². The first kappa shape index (κ1) is 111. The molecule has 10 heterocycles. The van der Waals surface area contributed by atoms with Crippen molar-refractivity contribution >= 4 is 110 Å². The molecule has 2 N–H and O–H groups in total. The lowest BCUT2D eigenvalue weighted by molar-refractivity contribution is -0.125. The van der Waals surface area contributed by atoms with Gasteiger partial charge in [0.2, 0.25) is 0 Å². The van der Waals surface area contributed by atoms with Crippen LogP contribution in [0.3, 0.4) is 0 Å². The zero-order valence-electron chi connectivity index (χ0n) is 85.5. The van der Waals surface area contributed by atoms with Gasteiger partial charge in [-0.15, -0.1) is 22.7 Å². The van der Waals surface area contributed by atoms with Crippen LogP contribution in [0.25, 0.3) is 0 Å². The van der Waals surface area contributed by atoms with Gasteiger partial charge in [0.15, 0.2) is 0 Å². The summed E-state index contributed by atoms with van der Waals surface area (Å²) in [5, 5.41) is 8.74. The van der Waals surface area contributed by atoms with Crippen LogP contribution in [-0.2, 0) is 88.8 Å². The molecule has 138 heavy (non-hydrogen) atoms. The maximum atomic E-state index is 11.8. The fourth-order valence-electron chi connectivity index (χ4n) is 20.2. The highest BCUT2D eigenvalue weighted by Crippen LogP contribution is 2.44. The highest BCUT2D eigenvalue weighted by atomic mass is 35.5. The number of fused-ring (bicyclic) bond motifs is 5. The SMILES string of the molecule is CC(=O)C(C)(C)CCCCC(c1ccccc1Cl)N1CCc2[nH]ccc2C1.CC(=O)C(C)(C)CCCCC(c1ccccc1Cl)N1CCc2[nH]ccc2C1.CC(=O)C(C)(C)CCCCCC(c1ccccc1Cl)N1CCc2occc2C1.CC(=O)C(C)(C)CCCCCC(c1ccccc1Cl)N1CCc2sccc2C1.CC(=O)C(C)(C)CCCCCC(c1ccccc1Cl)N1CCc2sccc2C1. The molecule has 5 aliphatic heterocycles. The molecule has 5 atom stereocenters. The summed E-state index contributed by atoms with van der Waals surface area (Å²) in [5.41, 5.74) is 15.0. The van der Waals surface area contributed by atoms with Gasteiger partial charge in [-0.05, 0) is 233 Å². The molecule has 13 nitrogen and oxygen atoms in total. The van der Waals surface area contributed by atoms with Gasteiger partial charge in [-0.2, -0.15) is 0 Å². The summed E-state index contributed by atoms with van der Waals surface area (Å²) in [6.07, 6.45) is 36.0. The van der Waals surface area contributed by atoms with Crippen LogP contribution >= 0.6 is 80.7 Å². The summed E-state index contributed by atoms with van der Waals surface area (Å²) in [4.78, 5) is 81.4. The van der Waals surface area contributed by atoms with Crippen LogP contribution in [0.15, 0.2) is 185 Å². The first-order chi connectivity index (χ1) is 65.9. The molecule has 0 spiro atoms. The second-order valence-electron chi connectivity index (χ2n) is 42.8. The molecule has 15 rings (SSSR count). The molecular weight excluding hydrogens is 1850 g/mol. The minimum atomic E-state index is -0.217. The summed E-state index contributed by atoms with van der Waals surface area (Å²) in [6, 6.07) is 54.1. The molecule has 0 fully saturated rings. The van der Waals surface area contributed by atoms with Gasteiger partial charge in [0.05, 0.1) is 6.26 Å². The Labute approximate surface area is 860 Å². The van der Waals surface area contributed by atoms with E-state index in [-0.39, 0.29) is 44.4 Å². The predicted octanol–water partition coefficient (Wildman–Crippen LogP) is 32.6. The van der Waals surface area contributed by atoms with Gasteiger partial charge in [0.1, 0.15) is 34.7 Å². The second-order valence-corrected chi connectivity index (χ2v) is 46.9. The number of halogens is 5. The number of benzene rings is 5. The second kappa shape index (κ2) is 53.5. The number of hydrogen-bond acceptors (Lipinski definition) is 13. The van der Waals surface area contributed by atoms with Crippen molar-refractivity contribution in [1.29, 1.82) is 0 Å². The Bertz CT molecular complexity index is 5050. The predicted molar refractivity (Wildman–Crippen MR) is 579 cm³/mol. The topological polar surface area (TPSA) is 146 Å². The number of hydrogen-bond donors (Lipinski definition) is 2. The fraction of sp³-hybridized carbons (Fsp3) is 0.534. The Balaban J connectivity index is 0.000000165. The molecule has 0 radical (unpaired) electrons. The lowest BCUT2D eigenvalue weighted by Gasteiger charge is -2.35. The lowest BCUT2D eigenvalue weighted by atomic mass is 9.83. The van der Waals surface area contributed by atoms with Gasteiger partial charge in [-0.25, -0.2) is 0 Å². The van der Waals surface area contributed by atoms with Crippen molar-refractivity contribution in [3.05, 3.63) is 289 Å². The van der Waals surface area contributed by atoms with Gasteiger partial charge < -0.3 is 14.4 Å². The number of ketones is 5. The van der Waals surface area contributed by atoms with E-state index >= 15 is 0 Å². The Kier molecular flexibility index (Phi) is 43.2.